The Balaban J connectivity index is 1.47. The summed E-state index contributed by atoms with van der Waals surface area (Å²) < 4.78 is 5.40. The number of rotatable bonds is 4. The lowest BCUT2D eigenvalue weighted by atomic mass is 10.1. The fraction of sp³-hybridized carbons (Fsp3) is 0.250. The lowest BCUT2D eigenvalue weighted by Gasteiger charge is -2.16. The molecule has 1 aromatic heterocycles. The number of aromatic nitrogens is 2. The minimum Gasteiger partial charge on any atom is -0.338 e. The summed E-state index contributed by atoms with van der Waals surface area (Å²) in [5.41, 5.74) is 3.11. The van der Waals surface area contributed by atoms with Crippen molar-refractivity contribution < 1.29 is 9.32 Å². The molecular weight excluding hydrogens is 350 g/mol. The van der Waals surface area contributed by atoms with Crippen molar-refractivity contribution in [3.05, 3.63) is 70.5 Å². The maximum Gasteiger partial charge on any atom is 0.257 e. The molecule has 1 amide bonds. The smallest absolute Gasteiger partial charge is 0.257 e. The van der Waals surface area contributed by atoms with Crippen LogP contribution in [0.5, 0.6) is 0 Å². The Kier molecular flexibility index (Phi) is 4.47. The van der Waals surface area contributed by atoms with E-state index in [1.165, 1.54) is 5.56 Å². The van der Waals surface area contributed by atoms with E-state index in [1.807, 2.05) is 60.4 Å². The van der Waals surface area contributed by atoms with Crippen LogP contribution in [0.25, 0.3) is 11.5 Å². The van der Waals surface area contributed by atoms with E-state index in [0.29, 0.717) is 36.2 Å². The fourth-order valence-electron chi connectivity index (χ4n) is 3.12. The molecular formula is C20H18ClN3O2. The number of amides is 1. The van der Waals surface area contributed by atoms with Crippen LogP contribution in [0.1, 0.15) is 29.3 Å². The number of hydrogen-bond donors (Lipinski definition) is 0. The Morgan fingerprint density at radius 3 is 2.62 bits per heavy atom. The van der Waals surface area contributed by atoms with Crippen molar-refractivity contribution in [3.8, 4) is 11.5 Å². The topological polar surface area (TPSA) is 59.2 Å². The number of carbonyl (C=O) groups excluding carboxylic acids is 1. The van der Waals surface area contributed by atoms with Gasteiger partial charge in [0.25, 0.3) is 5.89 Å². The molecule has 0 bridgehead atoms. The Morgan fingerprint density at radius 1 is 1.15 bits per heavy atom. The number of likely N-dealkylation sites (tertiary alicyclic amines) is 1. The minimum absolute atomic E-state index is 0.0438. The van der Waals surface area contributed by atoms with E-state index < -0.39 is 0 Å². The number of benzene rings is 2. The van der Waals surface area contributed by atoms with Gasteiger partial charge < -0.3 is 9.42 Å². The van der Waals surface area contributed by atoms with Crippen molar-refractivity contribution in [1.82, 2.24) is 15.0 Å². The minimum atomic E-state index is -0.0438. The molecule has 5 nitrogen and oxygen atoms in total. The van der Waals surface area contributed by atoms with Crippen molar-refractivity contribution in [2.24, 2.45) is 0 Å². The first kappa shape index (κ1) is 16.8. The second kappa shape index (κ2) is 6.92. The van der Waals surface area contributed by atoms with Crippen LogP contribution in [0, 0.1) is 6.92 Å². The zero-order valence-electron chi connectivity index (χ0n) is 14.4. The molecule has 4 rings (SSSR count). The van der Waals surface area contributed by atoms with Gasteiger partial charge in [0.1, 0.15) is 0 Å². The van der Waals surface area contributed by atoms with Gasteiger partial charge in [0.15, 0.2) is 5.82 Å². The first-order chi connectivity index (χ1) is 12.6. The Morgan fingerprint density at radius 2 is 1.88 bits per heavy atom. The van der Waals surface area contributed by atoms with E-state index in [9.17, 15) is 4.79 Å². The largest absolute Gasteiger partial charge is 0.338 e. The number of aryl methyl sites for hydroxylation is 1. The average molecular weight is 368 g/mol. The van der Waals surface area contributed by atoms with Gasteiger partial charge in [0.2, 0.25) is 5.91 Å². The van der Waals surface area contributed by atoms with Crippen LogP contribution >= 0.6 is 11.6 Å². The molecule has 1 aliphatic rings. The molecule has 132 valence electrons. The van der Waals surface area contributed by atoms with Crippen LogP contribution in [0.4, 0.5) is 0 Å². The lowest BCUT2D eigenvalue weighted by molar-refractivity contribution is -0.128. The lowest BCUT2D eigenvalue weighted by Crippen LogP contribution is -2.24. The Bertz CT molecular complexity index is 919. The molecule has 0 aliphatic carbocycles. The summed E-state index contributed by atoms with van der Waals surface area (Å²) in [5, 5.41) is 4.79. The monoisotopic (exact) mass is 367 g/mol. The third kappa shape index (κ3) is 3.48. The quantitative estimate of drug-likeness (QED) is 0.693. The summed E-state index contributed by atoms with van der Waals surface area (Å²) in [6, 6.07) is 15.5. The highest BCUT2D eigenvalue weighted by Gasteiger charge is 2.33. The summed E-state index contributed by atoms with van der Waals surface area (Å²) >= 11 is 5.91. The summed E-state index contributed by atoms with van der Waals surface area (Å²) in [6.07, 6.45) is 0.403. The predicted octanol–water partition coefficient (Wildman–Crippen LogP) is 4.21. The van der Waals surface area contributed by atoms with E-state index in [2.05, 4.69) is 10.1 Å². The summed E-state index contributed by atoms with van der Waals surface area (Å²) in [4.78, 5) is 18.7. The summed E-state index contributed by atoms with van der Waals surface area (Å²) in [5.74, 6) is 1.14. The number of halogens is 1. The molecule has 3 aromatic rings. The molecule has 2 aromatic carbocycles. The number of hydrogen-bond acceptors (Lipinski definition) is 4. The molecule has 0 radical (unpaired) electrons. The van der Waals surface area contributed by atoms with E-state index in [-0.39, 0.29) is 11.8 Å². The maximum atomic E-state index is 12.4. The normalized spacial score (nSPS) is 17.1. The maximum absolute atomic E-state index is 12.4. The van der Waals surface area contributed by atoms with E-state index in [0.717, 1.165) is 11.1 Å². The molecule has 1 aliphatic heterocycles. The van der Waals surface area contributed by atoms with E-state index >= 15 is 0 Å². The van der Waals surface area contributed by atoms with Crippen LogP contribution in [-0.4, -0.2) is 27.5 Å². The third-order valence-electron chi connectivity index (χ3n) is 4.61. The molecule has 6 heteroatoms. The second-order valence-corrected chi connectivity index (χ2v) is 7.06. The molecule has 0 N–H and O–H groups in total. The summed E-state index contributed by atoms with van der Waals surface area (Å²) in [6.45, 7) is 3.19. The second-order valence-electron chi connectivity index (χ2n) is 6.63. The standard InChI is InChI=1S/C20H18ClN3O2/c1-13-2-6-15(7-3-13)20-22-19(23-26-20)16-10-18(25)24(12-16)11-14-4-8-17(21)9-5-14/h2-9,16H,10-12H2,1H3. The molecule has 1 fully saturated rings. The van der Waals surface area contributed by atoms with E-state index in [1.54, 1.807) is 0 Å². The number of carbonyl (C=O) groups is 1. The van der Waals surface area contributed by atoms with Crippen molar-refractivity contribution in [2.75, 3.05) is 6.54 Å². The van der Waals surface area contributed by atoms with Crippen molar-refractivity contribution in [1.29, 1.82) is 0 Å². The zero-order chi connectivity index (χ0) is 18.1. The Labute approximate surface area is 156 Å². The molecule has 1 atom stereocenters. The molecule has 1 unspecified atom stereocenters. The SMILES string of the molecule is Cc1ccc(-c2nc(C3CC(=O)N(Cc4ccc(Cl)cc4)C3)no2)cc1. The van der Waals surface area contributed by atoms with E-state index in [4.69, 9.17) is 16.1 Å². The van der Waals surface area contributed by atoms with Crippen LogP contribution < -0.4 is 0 Å². The van der Waals surface area contributed by atoms with Gasteiger partial charge in [0, 0.05) is 36.0 Å². The van der Waals surface area contributed by atoms with Crippen molar-refractivity contribution >= 4 is 17.5 Å². The molecule has 1 saturated heterocycles. The predicted molar refractivity (Wildman–Crippen MR) is 98.7 cm³/mol. The molecule has 0 saturated carbocycles. The van der Waals surface area contributed by atoms with Gasteiger partial charge in [-0.3, -0.25) is 4.79 Å². The molecule has 26 heavy (non-hydrogen) atoms. The first-order valence-electron chi connectivity index (χ1n) is 8.51. The number of nitrogens with zero attached hydrogens (tertiary/aromatic N) is 3. The summed E-state index contributed by atoms with van der Waals surface area (Å²) in [7, 11) is 0. The van der Waals surface area contributed by atoms with Gasteiger partial charge in [-0.25, -0.2) is 0 Å². The third-order valence-corrected chi connectivity index (χ3v) is 4.86. The van der Waals surface area contributed by atoms with Crippen LogP contribution in [0.2, 0.25) is 5.02 Å². The van der Waals surface area contributed by atoms with Crippen LogP contribution in [-0.2, 0) is 11.3 Å². The highest BCUT2D eigenvalue weighted by atomic mass is 35.5. The van der Waals surface area contributed by atoms with Crippen molar-refractivity contribution in [3.63, 3.8) is 0 Å². The van der Waals surface area contributed by atoms with Crippen LogP contribution in [0.15, 0.2) is 53.1 Å². The molecule has 0 spiro atoms. The van der Waals surface area contributed by atoms with Gasteiger partial charge in [-0.1, -0.05) is 46.6 Å². The zero-order valence-corrected chi connectivity index (χ0v) is 15.1. The van der Waals surface area contributed by atoms with Gasteiger partial charge in [0.05, 0.1) is 0 Å². The average Bonchev–Trinajstić information content (AvgIpc) is 3.25. The first-order valence-corrected chi connectivity index (χ1v) is 8.89. The van der Waals surface area contributed by atoms with Crippen LogP contribution in [0.3, 0.4) is 0 Å². The fourth-order valence-corrected chi connectivity index (χ4v) is 3.25. The van der Waals surface area contributed by atoms with Crippen molar-refractivity contribution in [2.45, 2.75) is 25.8 Å². The molecule has 2 heterocycles. The highest BCUT2D eigenvalue weighted by molar-refractivity contribution is 6.30. The van der Waals surface area contributed by atoms with Gasteiger partial charge in [-0.2, -0.15) is 4.98 Å². The highest BCUT2D eigenvalue weighted by Crippen LogP contribution is 2.29. The van der Waals surface area contributed by atoms with Gasteiger partial charge in [-0.15, -0.1) is 0 Å². The van der Waals surface area contributed by atoms with Gasteiger partial charge >= 0.3 is 0 Å². The Hall–Kier alpha value is -2.66. The van der Waals surface area contributed by atoms with Gasteiger partial charge in [-0.05, 0) is 36.8 Å².